The topological polar surface area (TPSA) is 130 Å². The molecular weight excluding hydrogens is 951 g/mol. The van der Waals surface area contributed by atoms with E-state index in [4.69, 9.17) is 23.7 Å². The van der Waals surface area contributed by atoms with Crippen LogP contribution in [0.15, 0.2) is 120 Å². The molecule has 0 saturated heterocycles. The van der Waals surface area contributed by atoms with Gasteiger partial charge in [0.25, 0.3) is 0 Å². The molecule has 10 heteroatoms. The van der Waals surface area contributed by atoms with Crippen LogP contribution in [0.25, 0.3) is 0 Å². The smallest absolute Gasteiger partial charge is 0.343 e. The summed E-state index contributed by atoms with van der Waals surface area (Å²) in [5.41, 5.74) is 1.87. The van der Waals surface area contributed by atoms with Crippen molar-refractivity contribution in [1.82, 2.24) is 0 Å². The molecule has 0 saturated carbocycles. The number of aliphatic imine (C=N–C) groups is 1. The van der Waals surface area contributed by atoms with Crippen molar-refractivity contribution in [1.29, 1.82) is 0 Å². The largest absolute Gasteiger partial charge is 0.507 e. The Morgan fingerprint density at radius 3 is 1.09 bits per heavy atom. The van der Waals surface area contributed by atoms with Gasteiger partial charge in [-0.25, -0.2) is 14.4 Å². The van der Waals surface area contributed by atoms with Gasteiger partial charge in [0.2, 0.25) is 0 Å². The summed E-state index contributed by atoms with van der Waals surface area (Å²) in [5.74, 6) is 0.327. The van der Waals surface area contributed by atoms with Crippen molar-refractivity contribution in [2.75, 3.05) is 13.2 Å². The van der Waals surface area contributed by atoms with E-state index in [0.717, 1.165) is 25.7 Å². The summed E-state index contributed by atoms with van der Waals surface area (Å²) in [5, 5.41) is 10.7. The Bertz CT molecular complexity index is 2410. The Hall–Kier alpha value is -6.42. The van der Waals surface area contributed by atoms with Crippen LogP contribution in [0.5, 0.6) is 34.5 Å². The number of carbonyl (C=O) groups excluding carboxylic acids is 3. The predicted molar refractivity (Wildman–Crippen MR) is 308 cm³/mol. The number of esters is 3. The number of nitrogens with zero attached hydrogens (tertiary/aromatic N) is 1. The minimum Gasteiger partial charge on any atom is -0.507 e. The molecule has 0 unspecified atom stereocenters. The summed E-state index contributed by atoms with van der Waals surface area (Å²) in [6.07, 6.45) is 38.2. The van der Waals surface area contributed by atoms with Gasteiger partial charge in [0.15, 0.2) is 0 Å². The molecule has 0 radical (unpaired) electrons. The number of aromatic hydroxyl groups is 1. The van der Waals surface area contributed by atoms with E-state index in [-0.39, 0.29) is 28.6 Å². The molecule has 1 N–H and O–H groups in total. The highest BCUT2D eigenvalue weighted by Gasteiger charge is 2.14. The molecule has 410 valence electrons. The van der Waals surface area contributed by atoms with Gasteiger partial charge in [-0.15, -0.1) is 0 Å². The highest BCUT2D eigenvalue weighted by Crippen LogP contribution is 2.27. The number of unbranched alkanes of at least 4 members (excludes halogenated alkanes) is 26. The molecule has 0 amide bonds. The summed E-state index contributed by atoms with van der Waals surface area (Å²) in [4.78, 5) is 43.3. The standard InChI is InChI=1S/C66H87NO9/c1-3-5-7-9-11-13-15-17-19-21-23-25-27-29-48-72-58-41-34-53(35-42-58)64(69)74-60-45-38-55(39-46-60)65(70)75-61-33-31-32-57(50-61)67-52-56-40-47-62(51-63(56)68)76-66(71)54-36-43-59(44-37-54)73-49-30-28-26-24-22-20-18-16-14-12-10-8-6-4-2/h31-47,50-52,68H,3-30,48-49H2,1-2H3. The summed E-state index contributed by atoms with van der Waals surface area (Å²) >= 11 is 0. The van der Waals surface area contributed by atoms with Crippen molar-refractivity contribution in [2.45, 2.75) is 194 Å². The molecule has 5 rings (SSSR count). The highest BCUT2D eigenvalue weighted by molar-refractivity contribution is 5.93. The van der Waals surface area contributed by atoms with Crippen molar-refractivity contribution < 1.29 is 43.2 Å². The molecule has 0 bridgehead atoms. The number of hydrogen-bond donors (Lipinski definition) is 1. The summed E-state index contributed by atoms with van der Waals surface area (Å²) in [7, 11) is 0. The molecule has 0 aromatic heterocycles. The van der Waals surface area contributed by atoms with E-state index >= 15 is 0 Å². The number of carbonyl (C=O) groups is 3. The zero-order chi connectivity index (χ0) is 53.7. The summed E-state index contributed by atoms with van der Waals surface area (Å²) in [6.45, 7) is 5.82. The molecule has 5 aromatic carbocycles. The van der Waals surface area contributed by atoms with Crippen LogP contribution in [0.4, 0.5) is 5.69 Å². The third-order valence-corrected chi connectivity index (χ3v) is 13.6. The molecule has 0 fully saturated rings. The van der Waals surface area contributed by atoms with Crippen LogP contribution in [0.1, 0.15) is 230 Å². The average Bonchev–Trinajstić information content (AvgIpc) is 3.43. The Labute approximate surface area is 455 Å². The molecular formula is C66H87NO9. The van der Waals surface area contributed by atoms with E-state index in [1.807, 2.05) is 0 Å². The lowest BCUT2D eigenvalue weighted by Gasteiger charge is -2.09. The molecule has 76 heavy (non-hydrogen) atoms. The fraction of sp³-hybridized carbons (Fsp3) is 0.485. The molecule has 0 atom stereocenters. The first-order valence-corrected chi connectivity index (χ1v) is 29.0. The number of ether oxygens (including phenoxy) is 5. The fourth-order valence-electron chi connectivity index (χ4n) is 8.97. The van der Waals surface area contributed by atoms with E-state index in [0.29, 0.717) is 47.1 Å². The second kappa shape index (κ2) is 37.3. The van der Waals surface area contributed by atoms with Gasteiger partial charge in [0.05, 0.1) is 35.6 Å². The van der Waals surface area contributed by atoms with Gasteiger partial charge < -0.3 is 28.8 Å². The van der Waals surface area contributed by atoms with Crippen molar-refractivity contribution in [3.8, 4) is 34.5 Å². The van der Waals surface area contributed by atoms with E-state index in [9.17, 15) is 19.5 Å². The maximum Gasteiger partial charge on any atom is 0.343 e. The lowest BCUT2D eigenvalue weighted by Crippen LogP contribution is -2.10. The van der Waals surface area contributed by atoms with Crippen molar-refractivity contribution in [3.63, 3.8) is 0 Å². The van der Waals surface area contributed by atoms with Crippen LogP contribution < -0.4 is 23.7 Å². The normalized spacial score (nSPS) is 11.2. The Kier molecular flexibility index (Phi) is 29.7. The van der Waals surface area contributed by atoms with Crippen molar-refractivity contribution >= 4 is 29.8 Å². The van der Waals surface area contributed by atoms with Gasteiger partial charge in [0, 0.05) is 23.9 Å². The zero-order valence-electron chi connectivity index (χ0n) is 45.9. The molecule has 10 nitrogen and oxygen atoms in total. The van der Waals surface area contributed by atoms with E-state index in [1.54, 1.807) is 84.9 Å². The first kappa shape index (κ1) is 60.4. The van der Waals surface area contributed by atoms with E-state index in [1.165, 1.54) is 191 Å². The number of rotatable bonds is 40. The quantitative estimate of drug-likeness (QED) is 0.0176. The van der Waals surface area contributed by atoms with Crippen LogP contribution in [0, 0.1) is 0 Å². The molecule has 5 aromatic rings. The van der Waals surface area contributed by atoms with Crippen LogP contribution in [-0.4, -0.2) is 42.4 Å². The third kappa shape index (κ3) is 24.9. The maximum absolute atomic E-state index is 13.0. The number of phenols is 1. The predicted octanol–water partition coefficient (Wildman–Crippen LogP) is 18.5. The summed E-state index contributed by atoms with van der Waals surface area (Å²) in [6, 6.07) is 31.1. The minimum atomic E-state index is -0.605. The fourth-order valence-corrected chi connectivity index (χ4v) is 8.97. The van der Waals surface area contributed by atoms with Gasteiger partial charge >= 0.3 is 17.9 Å². The highest BCUT2D eigenvalue weighted by atomic mass is 16.5. The number of benzene rings is 5. The van der Waals surface area contributed by atoms with Gasteiger partial charge in [-0.05, 0) is 110 Å². The van der Waals surface area contributed by atoms with Gasteiger partial charge in [-0.1, -0.05) is 187 Å². The van der Waals surface area contributed by atoms with Gasteiger partial charge in [0.1, 0.15) is 34.5 Å². The second-order valence-electron chi connectivity index (χ2n) is 20.1. The Balaban J connectivity index is 0.937. The molecule has 0 heterocycles. The zero-order valence-corrected chi connectivity index (χ0v) is 45.9. The molecule has 0 aliphatic rings. The van der Waals surface area contributed by atoms with Crippen molar-refractivity contribution in [3.05, 3.63) is 138 Å². The number of phenolic OH excluding ortho intramolecular Hbond substituents is 1. The summed E-state index contributed by atoms with van der Waals surface area (Å²) < 4.78 is 28.5. The van der Waals surface area contributed by atoms with Crippen LogP contribution in [0.3, 0.4) is 0 Å². The van der Waals surface area contributed by atoms with Crippen LogP contribution in [0.2, 0.25) is 0 Å². The maximum atomic E-state index is 13.0. The van der Waals surface area contributed by atoms with Gasteiger partial charge in [-0.3, -0.25) is 4.99 Å². The Morgan fingerprint density at radius 2 is 0.711 bits per heavy atom. The molecule has 0 spiro atoms. The SMILES string of the molecule is CCCCCCCCCCCCCCCCOc1ccc(C(=O)Oc2ccc(C(=O)Oc3cccc(N=Cc4ccc(OC(=O)c5ccc(OCCCCCCCCCCCCCCCC)cc5)cc4O)c3)cc2)cc1. The lowest BCUT2D eigenvalue weighted by molar-refractivity contribution is 0.0723. The second-order valence-corrected chi connectivity index (χ2v) is 20.1. The van der Waals surface area contributed by atoms with Crippen molar-refractivity contribution in [2.24, 2.45) is 4.99 Å². The molecule has 0 aliphatic carbocycles. The first-order valence-electron chi connectivity index (χ1n) is 29.0. The molecule has 0 aliphatic heterocycles. The van der Waals surface area contributed by atoms with E-state index < -0.39 is 17.9 Å². The monoisotopic (exact) mass is 1040 g/mol. The first-order chi connectivity index (χ1) is 37.3. The lowest BCUT2D eigenvalue weighted by atomic mass is 10.0. The van der Waals surface area contributed by atoms with E-state index in [2.05, 4.69) is 18.8 Å². The van der Waals surface area contributed by atoms with Crippen LogP contribution in [-0.2, 0) is 0 Å². The third-order valence-electron chi connectivity index (χ3n) is 13.6. The average molecular weight is 1040 g/mol. The minimum absolute atomic E-state index is 0.133. The number of hydrogen-bond acceptors (Lipinski definition) is 10. The Morgan fingerprint density at radius 1 is 0.382 bits per heavy atom. The van der Waals surface area contributed by atoms with Gasteiger partial charge in [-0.2, -0.15) is 0 Å². The van der Waals surface area contributed by atoms with Crippen LogP contribution >= 0.6 is 0 Å².